The predicted molar refractivity (Wildman–Crippen MR) is 41.2 cm³/mol. The van der Waals surface area contributed by atoms with Gasteiger partial charge in [0.1, 0.15) is 0 Å². The highest BCUT2D eigenvalue weighted by molar-refractivity contribution is 5.71. The second kappa shape index (κ2) is 3.21. The van der Waals surface area contributed by atoms with Crippen LogP contribution in [0.3, 0.4) is 0 Å². The van der Waals surface area contributed by atoms with Crippen molar-refractivity contribution in [3.63, 3.8) is 0 Å². The van der Waals surface area contributed by atoms with E-state index in [0.717, 1.165) is 10.7 Å². The molecule has 13 heavy (non-hydrogen) atoms. The van der Waals surface area contributed by atoms with Gasteiger partial charge in [0, 0.05) is 0 Å². The van der Waals surface area contributed by atoms with Crippen LogP contribution in [0.1, 0.15) is 13.0 Å². The fourth-order valence-electron chi connectivity index (χ4n) is 0.754. The summed E-state index contributed by atoms with van der Waals surface area (Å²) in [4.78, 5) is 20.0. The molecule has 1 aromatic heterocycles. The van der Waals surface area contributed by atoms with E-state index in [4.69, 9.17) is 5.11 Å². The van der Waals surface area contributed by atoms with E-state index in [1.165, 1.54) is 13.1 Å². The summed E-state index contributed by atoms with van der Waals surface area (Å²) in [7, 11) is 0. The summed E-state index contributed by atoms with van der Waals surface area (Å²) in [5.41, 5.74) is 0. The molecule has 0 aliphatic carbocycles. The largest absolute Gasteiger partial charge is 0.480 e. The average Bonchev–Trinajstić information content (AvgIpc) is 2.50. The van der Waals surface area contributed by atoms with Gasteiger partial charge in [-0.2, -0.15) is 4.68 Å². The van der Waals surface area contributed by atoms with Crippen molar-refractivity contribution in [2.24, 2.45) is 0 Å². The van der Waals surface area contributed by atoms with Gasteiger partial charge in [0.15, 0.2) is 6.04 Å². The molecule has 0 unspecified atom stereocenters. The SMILES string of the molecule is C[C@H](C(=O)O)n1ccc([N+](=O)[O-])n1. The van der Waals surface area contributed by atoms with Crippen molar-refractivity contribution in [1.29, 1.82) is 0 Å². The first-order valence-electron chi connectivity index (χ1n) is 3.44. The van der Waals surface area contributed by atoms with Gasteiger partial charge in [0.25, 0.3) is 0 Å². The molecular formula is C6H7N3O4. The number of carboxylic acid groups (broad SMARTS) is 1. The van der Waals surface area contributed by atoms with Crippen LogP contribution in [-0.4, -0.2) is 25.8 Å². The highest BCUT2D eigenvalue weighted by Gasteiger charge is 2.20. The summed E-state index contributed by atoms with van der Waals surface area (Å²) in [6.45, 7) is 1.39. The quantitative estimate of drug-likeness (QED) is 0.544. The van der Waals surface area contributed by atoms with Gasteiger partial charge in [-0.25, -0.2) is 4.79 Å². The molecule has 1 atom stereocenters. The van der Waals surface area contributed by atoms with E-state index in [1.807, 2.05) is 0 Å². The lowest BCUT2D eigenvalue weighted by atomic mass is 10.4. The minimum absolute atomic E-state index is 0.354. The number of carbonyl (C=O) groups is 1. The van der Waals surface area contributed by atoms with Crippen LogP contribution in [0.15, 0.2) is 12.3 Å². The van der Waals surface area contributed by atoms with Crippen molar-refractivity contribution < 1.29 is 14.8 Å². The van der Waals surface area contributed by atoms with Crippen LogP contribution in [-0.2, 0) is 4.79 Å². The monoisotopic (exact) mass is 185 g/mol. The summed E-state index contributed by atoms with van der Waals surface area (Å²) in [5.74, 6) is -1.44. The molecule has 0 spiro atoms. The summed E-state index contributed by atoms with van der Waals surface area (Å²) in [6.07, 6.45) is 1.26. The summed E-state index contributed by atoms with van der Waals surface area (Å²) in [6, 6.07) is 0.257. The lowest BCUT2D eigenvalue weighted by Crippen LogP contribution is -2.16. The van der Waals surface area contributed by atoms with E-state index in [0.29, 0.717) is 0 Å². The van der Waals surface area contributed by atoms with Crippen LogP contribution in [0.5, 0.6) is 0 Å². The number of aromatic nitrogens is 2. The van der Waals surface area contributed by atoms with Gasteiger partial charge in [-0.1, -0.05) is 0 Å². The standard InChI is InChI=1S/C6H7N3O4/c1-4(6(10)11)8-3-2-5(7-8)9(12)13/h2-4H,1H3,(H,10,11)/t4-/m1/s1. The Bertz CT molecular complexity index is 345. The number of carboxylic acids is 1. The third-order valence-corrected chi connectivity index (χ3v) is 1.54. The lowest BCUT2D eigenvalue weighted by Gasteiger charge is -1.99. The Morgan fingerprint density at radius 3 is 2.85 bits per heavy atom. The average molecular weight is 185 g/mol. The molecule has 7 heteroatoms. The third kappa shape index (κ3) is 1.81. The fourth-order valence-corrected chi connectivity index (χ4v) is 0.754. The molecule has 1 N–H and O–H groups in total. The smallest absolute Gasteiger partial charge is 0.389 e. The molecule has 0 aliphatic rings. The number of nitrogens with zero attached hydrogens (tertiary/aromatic N) is 3. The molecule has 0 saturated carbocycles. The maximum absolute atomic E-state index is 10.4. The first kappa shape index (κ1) is 9.17. The van der Waals surface area contributed by atoms with Crippen LogP contribution in [0, 0.1) is 10.1 Å². The molecule has 1 heterocycles. The van der Waals surface area contributed by atoms with E-state index >= 15 is 0 Å². The van der Waals surface area contributed by atoms with Crippen molar-refractivity contribution in [3.8, 4) is 0 Å². The lowest BCUT2D eigenvalue weighted by molar-refractivity contribution is -0.389. The van der Waals surface area contributed by atoms with E-state index in [9.17, 15) is 14.9 Å². The molecule has 0 bridgehead atoms. The van der Waals surface area contributed by atoms with Gasteiger partial charge in [0.2, 0.25) is 0 Å². The molecule has 0 aromatic carbocycles. The molecule has 0 radical (unpaired) electrons. The fraction of sp³-hybridized carbons (Fsp3) is 0.333. The zero-order chi connectivity index (χ0) is 10.0. The molecule has 0 saturated heterocycles. The molecule has 70 valence electrons. The van der Waals surface area contributed by atoms with Crippen LogP contribution in [0.4, 0.5) is 5.82 Å². The third-order valence-electron chi connectivity index (χ3n) is 1.54. The second-order valence-electron chi connectivity index (χ2n) is 2.43. The van der Waals surface area contributed by atoms with Gasteiger partial charge >= 0.3 is 11.8 Å². The first-order valence-corrected chi connectivity index (χ1v) is 3.44. The van der Waals surface area contributed by atoms with Crippen molar-refractivity contribution in [2.75, 3.05) is 0 Å². The van der Waals surface area contributed by atoms with Crippen LogP contribution >= 0.6 is 0 Å². The van der Waals surface area contributed by atoms with Crippen molar-refractivity contribution in [1.82, 2.24) is 9.78 Å². The Morgan fingerprint density at radius 2 is 2.46 bits per heavy atom. The summed E-state index contributed by atoms with van der Waals surface area (Å²) < 4.78 is 1.03. The predicted octanol–water partition coefficient (Wildman–Crippen LogP) is 0.437. The van der Waals surface area contributed by atoms with Crippen LogP contribution < -0.4 is 0 Å². The van der Waals surface area contributed by atoms with E-state index in [1.54, 1.807) is 0 Å². The number of nitro groups is 1. The zero-order valence-electron chi connectivity index (χ0n) is 6.75. The number of rotatable bonds is 3. The summed E-state index contributed by atoms with van der Waals surface area (Å²) in [5, 5.41) is 22.2. The Kier molecular flexibility index (Phi) is 2.27. The molecule has 7 nitrogen and oxygen atoms in total. The first-order chi connectivity index (χ1) is 6.02. The van der Waals surface area contributed by atoms with Crippen LogP contribution in [0.2, 0.25) is 0 Å². The maximum atomic E-state index is 10.4. The molecule has 0 aliphatic heterocycles. The molecule has 0 fully saturated rings. The number of hydrogen-bond acceptors (Lipinski definition) is 4. The summed E-state index contributed by atoms with van der Waals surface area (Å²) >= 11 is 0. The highest BCUT2D eigenvalue weighted by atomic mass is 16.6. The minimum Gasteiger partial charge on any atom is -0.480 e. The number of aliphatic carboxylic acids is 1. The zero-order valence-corrected chi connectivity index (χ0v) is 6.75. The Hall–Kier alpha value is -1.92. The molecule has 1 rings (SSSR count). The Morgan fingerprint density at radius 1 is 1.85 bits per heavy atom. The normalized spacial score (nSPS) is 12.4. The van der Waals surface area contributed by atoms with Crippen LogP contribution in [0.25, 0.3) is 0 Å². The topological polar surface area (TPSA) is 98.3 Å². The highest BCUT2D eigenvalue weighted by Crippen LogP contribution is 2.10. The molecular weight excluding hydrogens is 178 g/mol. The Balaban J connectivity index is 2.91. The van der Waals surface area contributed by atoms with E-state index in [-0.39, 0.29) is 5.82 Å². The van der Waals surface area contributed by atoms with E-state index < -0.39 is 16.9 Å². The van der Waals surface area contributed by atoms with Crippen molar-refractivity contribution in [3.05, 3.63) is 22.4 Å². The van der Waals surface area contributed by atoms with Gasteiger partial charge in [-0.15, -0.1) is 0 Å². The second-order valence-corrected chi connectivity index (χ2v) is 2.43. The van der Waals surface area contributed by atoms with Gasteiger partial charge < -0.3 is 15.2 Å². The van der Waals surface area contributed by atoms with Gasteiger partial charge in [-0.3, -0.25) is 0 Å². The molecule has 1 aromatic rings. The van der Waals surface area contributed by atoms with Gasteiger partial charge in [-0.05, 0) is 11.8 Å². The number of hydrogen-bond donors (Lipinski definition) is 1. The molecule has 0 amide bonds. The van der Waals surface area contributed by atoms with Crippen molar-refractivity contribution in [2.45, 2.75) is 13.0 Å². The maximum Gasteiger partial charge on any atom is 0.389 e. The van der Waals surface area contributed by atoms with Gasteiger partial charge in [0.05, 0.1) is 17.4 Å². The van der Waals surface area contributed by atoms with E-state index in [2.05, 4.69) is 5.10 Å². The Labute approximate surface area is 72.7 Å². The van der Waals surface area contributed by atoms with Crippen molar-refractivity contribution >= 4 is 11.8 Å². The minimum atomic E-state index is -1.09.